The zero-order valence-corrected chi connectivity index (χ0v) is 9.98. The number of carbonyl (C=O) groups excluding carboxylic acids is 1. The molecule has 0 radical (unpaired) electrons. The van der Waals surface area contributed by atoms with Gasteiger partial charge in [0.15, 0.2) is 0 Å². The summed E-state index contributed by atoms with van der Waals surface area (Å²) >= 11 is 5.03. The van der Waals surface area contributed by atoms with Gasteiger partial charge in [0.2, 0.25) is 0 Å². The van der Waals surface area contributed by atoms with Gasteiger partial charge in [0.1, 0.15) is 5.60 Å². The lowest BCUT2D eigenvalue weighted by Gasteiger charge is -2.20. The highest BCUT2D eigenvalue weighted by atomic mass is 32.1. The molecule has 82 valence electrons. The van der Waals surface area contributed by atoms with Crippen molar-refractivity contribution in [3.8, 4) is 0 Å². The average molecular weight is 225 g/mol. The van der Waals surface area contributed by atoms with Crippen molar-refractivity contribution in [1.29, 1.82) is 0 Å². The molecule has 0 atom stereocenters. The van der Waals surface area contributed by atoms with E-state index in [1.807, 2.05) is 32.9 Å². The molecule has 1 aliphatic carbocycles. The van der Waals surface area contributed by atoms with E-state index in [0.717, 1.165) is 11.3 Å². The second-order valence-electron chi connectivity index (χ2n) is 4.30. The van der Waals surface area contributed by atoms with Crippen LogP contribution in [0.3, 0.4) is 0 Å². The third-order valence-electron chi connectivity index (χ3n) is 1.58. The molecule has 0 fully saturated rings. The molecular weight excluding hydrogens is 210 g/mol. The van der Waals surface area contributed by atoms with E-state index in [-0.39, 0.29) is 0 Å². The highest BCUT2D eigenvalue weighted by Crippen LogP contribution is 2.09. The van der Waals surface area contributed by atoms with Crippen molar-refractivity contribution < 1.29 is 9.53 Å². The number of hydrogen-bond donors (Lipinski definition) is 1. The molecule has 0 aromatic rings. The minimum absolute atomic E-state index is 0.455. The number of nitrogens with one attached hydrogen (secondary N) is 1. The fraction of sp³-hybridized carbons (Fsp3) is 0.455. The van der Waals surface area contributed by atoms with Crippen molar-refractivity contribution in [2.24, 2.45) is 0 Å². The van der Waals surface area contributed by atoms with Gasteiger partial charge in [-0.25, -0.2) is 4.79 Å². The minimum atomic E-state index is -0.483. The van der Waals surface area contributed by atoms with Gasteiger partial charge in [-0.2, -0.15) is 0 Å². The molecule has 1 amide bonds. The van der Waals surface area contributed by atoms with Crippen LogP contribution in [0.2, 0.25) is 0 Å². The van der Waals surface area contributed by atoms with Crippen LogP contribution in [-0.2, 0) is 4.74 Å². The molecule has 0 aromatic heterocycles. The number of carbonyl (C=O) groups is 1. The van der Waals surface area contributed by atoms with E-state index in [2.05, 4.69) is 5.32 Å². The van der Waals surface area contributed by atoms with Crippen molar-refractivity contribution in [1.82, 2.24) is 5.32 Å². The second-order valence-corrected chi connectivity index (χ2v) is 4.82. The van der Waals surface area contributed by atoms with Crippen molar-refractivity contribution in [2.45, 2.75) is 32.8 Å². The normalized spacial score (nSPS) is 15.9. The summed E-state index contributed by atoms with van der Waals surface area (Å²) < 4.78 is 5.11. The van der Waals surface area contributed by atoms with Gasteiger partial charge in [0, 0.05) is 17.0 Å². The van der Waals surface area contributed by atoms with Crippen LogP contribution in [0.25, 0.3) is 0 Å². The smallest absolute Gasteiger partial charge is 0.412 e. The Morgan fingerprint density at radius 3 is 2.73 bits per heavy atom. The topological polar surface area (TPSA) is 38.3 Å². The number of thiocarbonyl (C=S) groups is 1. The first-order valence-corrected chi connectivity index (χ1v) is 5.19. The van der Waals surface area contributed by atoms with Gasteiger partial charge in [-0.1, -0.05) is 18.3 Å². The molecule has 0 aromatic carbocycles. The molecule has 0 saturated carbocycles. The van der Waals surface area contributed by atoms with Gasteiger partial charge in [0.25, 0.3) is 0 Å². The molecule has 1 N–H and O–H groups in total. The van der Waals surface area contributed by atoms with E-state index < -0.39 is 11.7 Å². The van der Waals surface area contributed by atoms with Crippen LogP contribution in [0.4, 0.5) is 4.79 Å². The van der Waals surface area contributed by atoms with Gasteiger partial charge < -0.3 is 4.74 Å². The first-order chi connectivity index (χ1) is 6.87. The lowest BCUT2D eigenvalue weighted by molar-refractivity contribution is 0.0548. The molecule has 0 spiro atoms. The Morgan fingerprint density at radius 2 is 2.20 bits per heavy atom. The summed E-state index contributed by atoms with van der Waals surface area (Å²) in [6.45, 7) is 5.47. The third kappa shape index (κ3) is 4.74. The zero-order valence-electron chi connectivity index (χ0n) is 9.16. The first kappa shape index (κ1) is 11.9. The molecule has 0 unspecified atom stereocenters. The molecule has 1 rings (SSSR count). The maximum atomic E-state index is 11.4. The van der Waals surface area contributed by atoms with Crippen LogP contribution in [0.15, 0.2) is 23.9 Å². The van der Waals surface area contributed by atoms with Crippen LogP contribution in [0.5, 0.6) is 0 Å². The monoisotopic (exact) mass is 225 g/mol. The summed E-state index contributed by atoms with van der Waals surface area (Å²) in [5.41, 5.74) is 0.198. The van der Waals surface area contributed by atoms with Crippen LogP contribution in [0.1, 0.15) is 27.2 Å². The number of ether oxygens (including phenoxy) is 1. The minimum Gasteiger partial charge on any atom is -0.444 e. The van der Waals surface area contributed by atoms with Crippen LogP contribution in [0, 0.1) is 0 Å². The predicted molar refractivity (Wildman–Crippen MR) is 63.8 cm³/mol. The SMILES string of the molecule is CC(C)(C)OC(=O)NC1=CC(=S)CC=C1. The third-order valence-corrected chi connectivity index (χ3v) is 1.86. The van der Waals surface area contributed by atoms with E-state index in [4.69, 9.17) is 17.0 Å². The van der Waals surface area contributed by atoms with Gasteiger partial charge in [0.05, 0.1) is 0 Å². The van der Waals surface area contributed by atoms with Crippen molar-refractivity contribution in [3.63, 3.8) is 0 Å². The van der Waals surface area contributed by atoms with E-state index in [1.54, 1.807) is 6.08 Å². The highest BCUT2D eigenvalue weighted by molar-refractivity contribution is 7.80. The van der Waals surface area contributed by atoms with E-state index >= 15 is 0 Å². The lowest BCUT2D eigenvalue weighted by Crippen LogP contribution is -2.32. The summed E-state index contributed by atoms with van der Waals surface area (Å²) in [4.78, 5) is 12.2. The highest BCUT2D eigenvalue weighted by Gasteiger charge is 2.16. The Balaban J connectivity index is 2.52. The predicted octanol–water partition coefficient (Wildman–Crippen LogP) is 2.72. The maximum Gasteiger partial charge on any atom is 0.412 e. The molecule has 0 aliphatic heterocycles. The number of allylic oxidation sites excluding steroid dienone is 3. The summed E-state index contributed by atoms with van der Waals surface area (Å²) in [6, 6.07) is 0. The van der Waals surface area contributed by atoms with Crippen LogP contribution in [-0.4, -0.2) is 16.6 Å². The van der Waals surface area contributed by atoms with E-state index in [1.165, 1.54) is 0 Å². The molecular formula is C11H15NO2S. The van der Waals surface area contributed by atoms with E-state index in [9.17, 15) is 4.79 Å². The molecule has 0 saturated heterocycles. The first-order valence-electron chi connectivity index (χ1n) is 4.78. The van der Waals surface area contributed by atoms with Crippen molar-refractivity contribution in [2.75, 3.05) is 0 Å². The summed E-state index contributed by atoms with van der Waals surface area (Å²) in [6.07, 6.45) is 5.80. The molecule has 3 nitrogen and oxygen atoms in total. The number of rotatable bonds is 1. The molecule has 1 aliphatic rings. The Hall–Kier alpha value is -1.16. The van der Waals surface area contributed by atoms with Crippen LogP contribution >= 0.6 is 12.2 Å². The average Bonchev–Trinajstić information content (AvgIpc) is 1.99. The van der Waals surface area contributed by atoms with E-state index in [0.29, 0.717) is 5.70 Å². The summed E-state index contributed by atoms with van der Waals surface area (Å²) in [5.74, 6) is 0. The summed E-state index contributed by atoms with van der Waals surface area (Å²) in [7, 11) is 0. The maximum absolute atomic E-state index is 11.4. The van der Waals surface area contributed by atoms with Gasteiger partial charge in [-0.3, -0.25) is 5.32 Å². The number of alkyl carbamates (subject to hydrolysis) is 1. The quantitative estimate of drug-likeness (QED) is 0.697. The number of amides is 1. The van der Waals surface area contributed by atoms with Gasteiger partial charge in [-0.15, -0.1) is 0 Å². The molecule has 15 heavy (non-hydrogen) atoms. The van der Waals surface area contributed by atoms with Gasteiger partial charge in [-0.05, 0) is 32.9 Å². The lowest BCUT2D eigenvalue weighted by atomic mass is 10.1. The van der Waals surface area contributed by atoms with Gasteiger partial charge >= 0.3 is 6.09 Å². The standard InChI is InChI=1S/C11H15NO2S/c1-11(2,3)14-10(13)12-8-5-4-6-9(15)7-8/h4-5,7H,6H2,1-3H3,(H,12,13). The Bertz CT molecular complexity index is 337. The zero-order chi connectivity index (χ0) is 11.5. The molecule has 0 bridgehead atoms. The van der Waals surface area contributed by atoms with Crippen molar-refractivity contribution >= 4 is 23.2 Å². The van der Waals surface area contributed by atoms with Crippen molar-refractivity contribution in [3.05, 3.63) is 23.9 Å². The molecule has 0 heterocycles. The number of hydrogen-bond acceptors (Lipinski definition) is 3. The second kappa shape index (κ2) is 4.57. The fourth-order valence-corrected chi connectivity index (χ4v) is 1.30. The van der Waals surface area contributed by atoms with Crippen LogP contribution < -0.4 is 5.32 Å². The largest absolute Gasteiger partial charge is 0.444 e. The fourth-order valence-electron chi connectivity index (χ4n) is 1.08. The Labute approximate surface area is 95.2 Å². The summed E-state index contributed by atoms with van der Waals surface area (Å²) in [5, 5.41) is 2.63. The Kier molecular flexibility index (Phi) is 3.63. The Morgan fingerprint density at radius 1 is 1.53 bits per heavy atom. The molecule has 4 heteroatoms.